The highest BCUT2D eigenvalue weighted by molar-refractivity contribution is 7.37. The Kier molecular flexibility index (Phi) is 7.03. The van der Waals surface area contributed by atoms with Crippen molar-refractivity contribution in [3.8, 4) is 0 Å². The second-order valence-electron chi connectivity index (χ2n) is 4.39. The van der Waals surface area contributed by atoms with Crippen molar-refractivity contribution in [3.63, 3.8) is 0 Å². The van der Waals surface area contributed by atoms with Gasteiger partial charge in [-0.2, -0.15) is 30.7 Å². The molecular weight excluding hydrogens is 300 g/mol. The summed E-state index contributed by atoms with van der Waals surface area (Å²) in [5.41, 5.74) is 0. The summed E-state index contributed by atoms with van der Waals surface area (Å²) in [5, 5.41) is 0. The van der Waals surface area contributed by atoms with Crippen molar-refractivity contribution in [2.75, 3.05) is 18.9 Å². The Morgan fingerprint density at radius 1 is 1.00 bits per heavy atom. The molecule has 0 aliphatic heterocycles. The lowest BCUT2D eigenvalue weighted by Gasteiger charge is -2.27. The van der Waals surface area contributed by atoms with E-state index in [1.54, 1.807) is 0 Å². The summed E-state index contributed by atoms with van der Waals surface area (Å²) in [6, 6.07) is 0. The number of rotatable bonds is 8. The zero-order valence-electron chi connectivity index (χ0n) is 10.5. The quantitative estimate of drug-likeness (QED) is 0.363. The van der Waals surface area contributed by atoms with Gasteiger partial charge in [0.2, 0.25) is 0 Å². The molecular formula is C10H16F7OP. The second-order valence-corrected chi connectivity index (χ2v) is 5.80. The molecule has 9 heteroatoms. The van der Waals surface area contributed by atoms with Crippen molar-refractivity contribution in [2.24, 2.45) is 5.92 Å². The molecule has 0 heterocycles. The summed E-state index contributed by atoms with van der Waals surface area (Å²) in [7, 11) is 0.447. The first-order valence-electron chi connectivity index (χ1n) is 5.59. The molecule has 0 aliphatic carbocycles. The van der Waals surface area contributed by atoms with Gasteiger partial charge in [0.15, 0.2) is 0 Å². The zero-order chi connectivity index (χ0) is 15.3. The molecule has 0 fully saturated rings. The standard InChI is InChI=1S/C10H16F7OP/c1-7(2)6-19-5-3-4-18-10(16,17)8(11,12)9(13,14)15/h7,19H,3-6H2,1-2H3. The van der Waals surface area contributed by atoms with Gasteiger partial charge in [0.1, 0.15) is 0 Å². The van der Waals surface area contributed by atoms with E-state index < -0.39 is 24.8 Å². The third kappa shape index (κ3) is 5.81. The molecule has 0 aromatic carbocycles. The Hall–Kier alpha value is -0.100. The van der Waals surface area contributed by atoms with Crippen molar-refractivity contribution in [1.29, 1.82) is 0 Å². The summed E-state index contributed by atoms with van der Waals surface area (Å²) in [4.78, 5) is 0. The van der Waals surface area contributed by atoms with Crippen molar-refractivity contribution in [3.05, 3.63) is 0 Å². The highest BCUT2D eigenvalue weighted by Crippen LogP contribution is 2.46. The van der Waals surface area contributed by atoms with Crippen LogP contribution in [0, 0.1) is 5.92 Å². The van der Waals surface area contributed by atoms with E-state index >= 15 is 0 Å². The van der Waals surface area contributed by atoms with Gasteiger partial charge in [-0.05, 0) is 24.7 Å². The van der Waals surface area contributed by atoms with Crippen LogP contribution >= 0.6 is 8.58 Å². The maximum atomic E-state index is 12.6. The van der Waals surface area contributed by atoms with Gasteiger partial charge in [0.05, 0.1) is 6.61 Å². The number of hydrogen-bond acceptors (Lipinski definition) is 1. The van der Waals surface area contributed by atoms with Gasteiger partial charge in [-0.25, -0.2) is 0 Å². The molecule has 0 aromatic heterocycles. The normalized spacial score (nSPS) is 14.8. The molecule has 116 valence electrons. The lowest BCUT2D eigenvalue weighted by molar-refractivity contribution is -0.423. The molecule has 0 saturated heterocycles. The Balaban J connectivity index is 4.11. The first kappa shape index (κ1) is 18.9. The van der Waals surface area contributed by atoms with Crippen LogP contribution in [0.5, 0.6) is 0 Å². The van der Waals surface area contributed by atoms with Crippen LogP contribution in [0.3, 0.4) is 0 Å². The van der Waals surface area contributed by atoms with E-state index in [0.29, 0.717) is 20.7 Å². The summed E-state index contributed by atoms with van der Waals surface area (Å²) < 4.78 is 88.7. The smallest absolute Gasteiger partial charge is 0.315 e. The van der Waals surface area contributed by atoms with E-state index in [0.717, 1.165) is 6.16 Å². The fraction of sp³-hybridized carbons (Fsp3) is 1.00. The fourth-order valence-corrected chi connectivity index (χ4v) is 2.22. The predicted molar refractivity (Wildman–Crippen MR) is 59.4 cm³/mol. The van der Waals surface area contributed by atoms with Gasteiger partial charge in [-0.3, -0.25) is 0 Å². The lowest BCUT2D eigenvalue weighted by atomic mass is 10.3. The Labute approximate surface area is 108 Å². The van der Waals surface area contributed by atoms with Crippen LogP contribution in [0.15, 0.2) is 0 Å². The predicted octanol–water partition coefficient (Wildman–Crippen LogP) is 4.52. The fourth-order valence-electron chi connectivity index (χ4n) is 1.04. The number of hydrogen-bond donors (Lipinski definition) is 0. The minimum absolute atomic E-state index is 0.0225. The topological polar surface area (TPSA) is 9.23 Å². The van der Waals surface area contributed by atoms with Crippen LogP contribution in [0.2, 0.25) is 0 Å². The van der Waals surface area contributed by atoms with Crippen molar-refractivity contribution in [1.82, 2.24) is 0 Å². The Bertz CT molecular complexity index is 265. The second kappa shape index (κ2) is 7.07. The molecule has 0 rings (SSSR count). The molecule has 1 unspecified atom stereocenters. The SMILES string of the molecule is CC(C)CPCCCOC(F)(F)C(F)(F)C(F)(F)F. The monoisotopic (exact) mass is 316 g/mol. The Morgan fingerprint density at radius 3 is 1.95 bits per heavy atom. The van der Waals surface area contributed by atoms with Crippen LogP contribution in [-0.2, 0) is 4.74 Å². The van der Waals surface area contributed by atoms with Crippen molar-refractivity contribution < 1.29 is 35.5 Å². The van der Waals surface area contributed by atoms with E-state index in [9.17, 15) is 30.7 Å². The average molecular weight is 316 g/mol. The van der Waals surface area contributed by atoms with E-state index in [4.69, 9.17) is 0 Å². The first-order chi connectivity index (χ1) is 8.42. The molecule has 0 aliphatic rings. The van der Waals surface area contributed by atoms with Crippen molar-refractivity contribution >= 4 is 8.58 Å². The Morgan fingerprint density at radius 2 is 1.53 bits per heavy atom. The summed E-state index contributed by atoms with van der Waals surface area (Å²) in [6.45, 7) is 3.09. The van der Waals surface area contributed by atoms with Crippen LogP contribution in [0.4, 0.5) is 30.7 Å². The third-order valence-corrected chi connectivity index (χ3v) is 3.87. The lowest BCUT2D eigenvalue weighted by Crippen LogP contribution is -2.53. The molecule has 19 heavy (non-hydrogen) atoms. The van der Waals surface area contributed by atoms with E-state index in [-0.39, 0.29) is 6.42 Å². The van der Waals surface area contributed by atoms with Gasteiger partial charge in [-0.15, -0.1) is 8.58 Å². The molecule has 1 atom stereocenters. The highest BCUT2D eigenvalue weighted by atomic mass is 31.1. The molecule has 0 saturated carbocycles. The number of ether oxygens (including phenoxy) is 1. The average Bonchev–Trinajstić information content (AvgIpc) is 2.20. The minimum atomic E-state index is -6.34. The maximum absolute atomic E-state index is 12.6. The van der Waals surface area contributed by atoms with Gasteiger partial charge in [-0.1, -0.05) is 13.8 Å². The third-order valence-electron chi connectivity index (χ3n) is 2.06. The van der Waals surface area contributed by atoms with Gasteiger partial charge in [0.25, 0.3) is 0 Å². The maximum Gasteiger partial charge on any atom is 0.462 e. The molecule has 0 aromatic rings. The highest BCUT2D eigenvalue weighted by Gasteiger charge is 2.74. The molecule has 0 bridgehead atoms. The minimum Gasteiger partial charge on any atom is -0.315 e. The van der Waals surface area contributed by atoms with Crippen LogP contribution in [0.25, 0.3) is 0 Å². The van der Waals surface area contributed by atoms with E-state index in [2.05, 4.69) is 4.74 Å². The number of alkyl halides is 7. The zero-order valence-corrected chi connectivity index (χ0v) is 11.5. The molecule has 1 nitrogen and oxygen atoms in total. The molecule has 0 radical (unpaired) electrons. The van der Waals surface area contributed by atoms with Gasteiger partial charge >= 0.3 is 18.2 Å². The number of halogens is 7. The largest absolute Gasteiger partial charge is 0.462 e. The van der Waals surface area contributed by atoms with Crippen LogP contribution < -0.4 is 0 Å². The van der Waals surface area contributed by atoms with Crippen LogP contribution in [-0.4, -0.2) is 37.1 Å². The summed E-state index contributed by atoms with van der Waals surface area (Å²) >= 11 is 0. The summed E-state index contributed by atoms with van der Waals surface area (Å²) in [5.74, 6) is -5.75. The molecule has 0 amide bonds. The van der Waals surface area contributed by atoms with Crippen LogP contribution in [0.1, 0.15) is 20.3 Å². The first-order valence-corrected chi connectivity index (χ1v) is 7.00. The van der Waals surface area contributed by atoms with E-state index in [1.807, 2.05) is 13.8 Å². The van der Waals surface area contributed by atoms with Crippen molar-refractivity contribution in [2.45, 2.75) is 38.5 Å². The van der Waals surface area contributed by atoms with Gasteiger partial charge in [0, 0.05) is 0 Å². The summed E-state index contributed by atoms with van der Waals surface area (Å²) in [6.07, 6.45) is -10.5. The van der Waals surface area contributed by atoms with Gasteiger partial charge < -0.3 is 4.74 Å². The molecule has 0 N–H and O–H groups in total. The molecule has 0 spiro atoms. The van der Waals surface area contributed by atoms with E-state index in [1.165, 1.54) is 0 Å².